The fraction of sp³-hybridized carbons (Fsp3) is 1.00. The minimum atomic E-state index is -1.44. The minimum Gasteiger partial charge on any atom is -0.395 e. The predicted octanol–water partition coefficient (Wildman–Crippen LogP) is -3.61. The molecule has 0 bridgehead atoms. The lowest BCUT2D eigenvalue weighted by Crippen LogP contribution is -2.48. The number of rotatable bonds is 1. The molecule has 0 spiro atoms. The summed E-state index contributed by atoms with van der Waals surface area (Å²) in [4.78, 5) is 0. The molecule has 6 N–H and O–H groups in total. The number of nitrogens with one attached hydrogen (secondary N) is 1. The molecular formula is C7H15NO5. The fourth-order valence-electron chi connectivity index (χ4n) is 1.35. The first kappa shape index (κ1) is 10.8. The normalized spacial score (nSPS) is 47.3. The van der Waals surface area contributed by atoms with E-state index in [-0.39, 0.29) is 13.2 Å². The first-order valence-electron chi connectivity index (χ1n) is 4.14. The van der Waals surface area contributed by atoms with Gasteiger partial charge in [-0.05, 0) is 0 Å². The van der Waals surface area contributed by atoms with E-state index >= 15 is 0 Å². The molecule has 1 aliphatic heterocycles. The molecule has 0 unspecified atom stereocenters. The van der Waals surface area contributed by atoms with Crippen LogP contribution < -0.4 is 5.32 Å². The molecule has 0 radical (unpaired) electrons. The molecule has 1 rings (SSSR count). The molecule has 0 aliphatic carbocycles. The summed E-state index contributed by atoms with van der Waals surface area (Å²) >= 11 is 0. The Morgan fingerprint density at radius 2 is 1.62 bits per heavy atom. The van der Waals surface area contributed by atoms with Gasteiger partial charge in [-0.1, -0.05) is 0 Å². The second-order valence-electron chi connectivity index (χ2n) is 3.24. The second kappa shape index (κ2) is 4.32. The minimum absolute atomic E-state index is 0.0283. The molecule has 78 valence electrons. The molecule has 13 heavy (non-hydrogen) atoms. The van der Waals surface area contributed by atoms with Gasteiger partial charge in [-0.3, -0.25) is 0 Å². The predicted molar refractivity (Wildman–Crippen MR) is 42.9 cm³/mol. The van der Waals surface area contributed by atoms with Gasteiger partial charge in [0, 0.05) is 6.54 Å². The van der Waals surface area contributed by atoms with Crippen molar-refractivity contribution in [2.24, 2.45) is 0 Å². The summed E-state index contributed by atoms with van der Waals surface area (Å²) in [5.41, 5.74) is 0. The van der Waals surface area contributed by atoms with Crippen LogP contribution in [0.3, 0.4) is 0 Å². The zero-order chi connectivity index (χ0) is 10.0. The van der Waals surface area contributed by atoms with Gasteiger partial charge in [0.1, 0.15) is 18.3 Å². The summed E-state index contributed by atoms with van der Waals surface area (Å²) in [6.45, 7) is -0.335. The number of hydrogen-bond acceptors (Lipinski definition) is 6. The summed E-state index contributed by atoms with van der Waals surface area (Å²) in [5, 5.41) is 48.5. The third-order valence-electron chi connectivity index (χ3n) is 2.29. The van der Waals surface area contributed by atoms with Crippen molar-refractivity contribution in [2.45, 2.75) is 30.5 Å². The van der Waals surface area contributed by atoms with Crippen LogP contribution in [0.5, 0.6) is 0 Å². The Labute approximate surface area is 75.4 Å². The summed E-state index contributed by atoms with van der Waals surface area (Å²) in [6.07, 6.45) is -5.25. The van der Waals surface area contributed by atoms with Crippen LogP contribution in [0, 0.1) is 0 Å². The lowest BCUT2D eigenvalue weighted by molar-refractivity contribution is -0.0980. The van der Waals surface area contributed by atoms with Crippen molar-refractivity contribution < 1.29 is 25.5 Å². The van der Waals surface area contributed by atoms with E-state index in [2.05, 4.69) is 5.32 Å². The van der Waals surface area contributed by atoms with Crippen molar-refractivity contribution in [1.29, 1.82) is 0 Å². The molecule has 1 fully saturated rings. The van der Waals surface area contributed by atoms with E-state index in [1.165, 1.54) is 0 Å². The van der Waals surface area contributed by atoms with Crippen molar-refractivity contribution in [1.82, 2.24) is 5.32 Å². The zero-order valence-corrected chi connectivity index (χ0v) is 7.04. The Balaban J connectivity index is 2.69. The number of hydrogen-bond donors (Lipinski definition) is 6. The highest BCUT2D eigenvalue weighted by molar-refractivity contribution is 4.92. The van der Waals surface area contributed by atoms with Crippen molar-refractivity contribution >= 4 is 0 Å². The van der Waals surface area contributed by atoms with Crippen LogP contribution in [-0.4, -0.2) is 69.1 Å². The van der Waals surface area contributed by atoms with E-state index in [0.717, 1.165) is 0 Å². The summed E-state index contributed by atoms with van der Waals surface area (Å²) < 4.78 is 0. The molecule has 1 saturated heterocycles. The van der Waals surface area contributed by atoms with Gasteiger partial charge in [-0.25, -0.2) is 0 Å². The van der Waals surface area contributed by atoms with E-state index in [9.17, 15) is 20.4 Å². The average Bonchev–Trinajstić information content (AvgIpc) is 2.22. The van der Waals surface area contributed by atoms with Crippen molar-refractivity contribution in [3.63, 3.8) is 0 Å². The van der Waals surface area contributed by atoms with Crippen LogP contribution in [0.15, 0.2) is 0 Å². The molecule has 0 aromatic heterocycles. The summed E-state index contributed by atoms with van der Waals surface area (Å²) in [7, 11) is 0. The second-order valence-corrected chi connectivity index (χ2v) is 3.24. The summed E-state index contributed by atoms with van der Waals surface area (Å²) in [5.74, 6) is 0. The smallest absolute Gasteiger partial charge is 0.110 e. The molecule has 1 heterocycles. The highest BCUT2D eigenvalue weighted by Crippen LogP contribution is 2.11. The Morgan fingerprint density at radius 1 is 1.00 bits per heavy atom. The third kappa shape index (κ3) is 2.16. The Kier molecular flexibility index (Phi) is 3.60. The van der Waals surface area contributed by atoms with Gasteiger partial charge in [0.25, 0.3) is 0 Å². The van der Waals surface area contributed by atoms with Crippen molar-refractivity contribution in [2.75, 3.05) is 13.2 Å². The van der Waals surface area contributed by atoms with Crippen LogP contribution in [0.2, 0.25) is 0 Å². The number of aliphatic hydroxyl groups is 5. The molecule has 5 atom stereocenters. The highest BCUT2D eigenvalue weighted by Gasteiger charge is 2.37. The van der Waals surface area contributed by atoms with Crippen molar-refractivity contribution in [3.05, 3.63) is 0 Å². The van der Waals surface area contributed by atoms with Gasteiger partial charge in [-0.15, -0.1) is 0 Å². The van der Waals surface area contributed by atoms with Crippen LogP contribution in [0.1, 0.15) is 0 Å². The lowest BCUT2D eigenvalue weighted by atomic mass is 10.0. The molecule has 6 nitrogen and oxygen atoms in total. The first-order valence-corrected chi connectivity index (χ1v) is 4.14. The molecule has 1 aliphatic rings. The summed E-state index contributed by atoms with van der Waals surface area (Å²) in [6, 6.07) is -0.721. The monoisotopic (exact) mass is 193 g/mol. The molecule has 0 aromatic carbocycles. The maximum absolute atomic E-state index is 9.36. The van der Waals surface area contributed by atoms with E-state index in [1.54, 1.807) is 0 Å². The average molecular weight is 193 g/mol. The maximum atomic E-state index is 9.36. The Bertz CT molecular complexity index is 165. The highest BCUT2D eigenvalue weighted by atomic mass is 16.4. The molecule has 0 saturated carbocycles. The van der Waals surface area contributed by atoms with Gasteiger partial charge in [0.05, 0.1) is 18.8 Å². The zero-order valence-electron chi connectivity index (χ0n) is 7.04. The topological polar surface area (TPSA) is 113 Å². The first-order chi connectivity index (χ1) is 6.07. The van der Waals surface area contributed by atoms with Gasteiger partial charge >= 0.3 is 0 Å². The SMILES string of the molecule is OC[C@H]1NC[C@H](O)[C@H](O)[C@H](O)[C@@H]1O. The molecule has 0 amide bonds. The van der Waals surface area contributed by atoms with Gasteiger partial charge in [-0.2, -0.15) is 0 Å². The Morgan fingerprint density at radius 3 is 2.15 bits per heavy atom. The molecular weight excluding hydrogens is 178 g/mol. The largest absolute Gasteiger partial charge is 0.395 e. The fourth-order valence-corrected chi connectivity index (χ4v) is 1.35. The lowest BCUT2D eigenvalue weighted by Gasteiger charge is -2.24. The van der Waals surface area contributed by atoms with E-state index in [1.807, 2.05) is 0 Å². The standard InChI is InChI=1S/C7H15NO5/c9-2-3-5(11)7(13)6(12)4(10)1-8-3/h3-13H,1-2H2/t3-,4+,5-,6+,7-/m1/s1. The van der Waals surface area contributed by atoms with E-state index in [4.69, 9.17) is 5.11 Å². The van der Waals surface area contributed by atoms with Crippen molar-refractivity contribution in [3.8, 4) is 0 Å². The molecule has 6 heteroatoms. The van der Waals surface area contributed by atoms with Crippen LogP contribution in [0.4, 0.5) is 0 Å². The number of β-amino-alcohol motifs (C(OH)–C–C–N with tert-alkyl or cyclic N) is 1. The number of aliphatic hydroxyl groups excluding tert-OH is 5. The van der Waals surface area contributed by atoms with Gasteiger partial charge < -0.3 is 30.8 Å². The van der Waals surface area contributed by atoms with Crippen LogP contribution in [-0.2, 0) is 0 Å². The third-order valence-corrected chi connectivity index (χ3v) is 2.29. The van der Waals surface area contributed by atoms with Crippen LogP contribution in [0.25, 0.3) is 0 Å². The quantitative estimate of drug-likeness (QED) is 0.256. The van der Waals surface area contributed by atoms with Gasteiger partial charge in [0.2, 0.25) is 0 Å². The van der Waals surface area contributed by atoms with E-state index < -0.39 is 30.5 Å². The van der Waals surface area contributed by atoms with E-state index in [0.29, 0.717) is 0 Å². The maximum Gasteiger partial charge on any atom is 0.110 e. The Hall–Kier alpha value is -0.240. The van der Waals surface area contributed by atoms with Gasteiger partial charge in [0.15, 0.2) is 0 Å². The van der Waals surface area contributed by atoms with Crippen LogP contribution >= 0.6 is 0 Å². The molecule has 0 aromatic rings.